The highest BCUT2D eigenvalue weighted by Crippen LogP contribution is 2.25. The minimum absolute atomic E-state index is 0.104. The third kappa shape index (κ3) is 6.05. The van der Waals surface area contributed by atoms with Crippen molar-refractivity contribution in [2.75, 3.05) is 18.6 Å². The zero-order valence-corrected chi connectivity index (χ0v) is 16.4. The monoisotopic (exact) mass is 383 g/mol. The quantitative estimate of drug-likeness (QED) is 0.560. The summed E-state index contributed by atoms with van der Waals surface area (Å²) in [5.41, 5.74) is 2.40. The molecule has 0 aliphatic carbocycles. The number of ketones is 1. The number of carbonyl (C=O) groups is 1. The molecule has 2 rings (SSSR count). The summed E-state index contributed by atoms with van der Waals surface area (Å²) < 4.78 is 24.5. The van der Waals surface area contributed by atoms with Crippen LogP contribution in [0.15, 0.2) is 35.2 Å². The molecule has 0 spiro atoms. The molecule has 130 valence electrons. The summed E-state index contributed by atoms with van der Waals surface area (Å²) in [7, 11) is -3.17. The zero-order chi connectivity index (χ0) is 17.7. The summed E-state index contributed by atoms with van der Waals surface area (Å²) in [6.07, 6.45) is 1.73. The molecular weight excluding hydrogens is 362 g/mol. The van der Waals surface area contributed by atoms with Crippen LogP contribution in [0, 0.1) is 13.8 Å². The summed E-state index contributed by atoms with van der Waals surface area (Å²) >= 11 is 2.99. The molecular formula is C17H21NO3S3. The summed E-state index contributed by atoms with van der Waals surface area (Å²) in [4.78, 5) is 15.2. The molecule has 0 unspecified atom stereocenters. The summed E-state index contributed by atoms with van der Waals surface area (Å²) in [6.45, 7) is 4.46. The Labute approximate surface area is 151 Å². The van der Waals surface area contributed by atoms with Crippen LogP contribution in [-0.4, -0.2) is 32.8 Å². The van der Waals surface area contributed by atoms with Gasteiger partial charge in [-0.25, -0.2) is 13.1 Å². The topological polar surface area (TPSA) is 63.2 Å². The highest BCUT2D eigenvalue weighted by molar-refractivity contribution is 8.00. The molecule has 2 aromatic rings. The largest absolute Gasteiger partial charge is 0.292 e. The highest BCUT2D eigenvalue weighted by Gasteiger charge is 2.11. The van der Waals surface area contributed by atoms with Crippen molar-refractivity contribution in [3.8, 4) is 0 Å². The number of aryl methyl sites for hydroxylation is 2. The van der Waals surface area contributed by atoms with Crippen molar-refractivity contribution in [3.63, 3.8) is 0 Å². The van der Waals surface area contributed by atoms with Crippen LogP contribution in [0.1, 0.15) is 25.7 Å². The molecule has 0 aliphatic rings. The van der Waals surface area contributed by atoms with E-state index in [9.17, 15) is 13.2 Å². The number of carbonyl (C=O) groups excluding carboxylic acids is 1. The molecule has 1 aromatic heterocycles. The van der Waals surface area contributed by atoms with E-state index in [0.29, 0.717) is 18.7 Å². The van der Waals surface area contributed by atoms with E-state index in [1.165, 1.54) is 22.5 Å². The Bertz CT molecular complexity index is 825. The molecule has 0 aliphatic heterocycles. The Morgan fingerprint density at radius 2 is 1.96 bits per heavy atom. The smallest absolute Gasteiger partial charge is 0.208 e. The molecule has 0 fully saturated rings. The molecule has 0 amide bonds. The average Bonchev–Trinajstić information content (AvgIpc) is 2.93. The fraction of sp³-hybridized carbons (Fsp3) is 0.353. The van der Waals surface area contributed by atoms with E-state index in [4.69, 9.17) is 0 Å². The number of nitrogens with one attached hydrogen (secondary N) is 1. The SMILES string of the molecule is Cc1ccc(SCC(=O)c2ccc(CCNS(C)(=O)=O)s2)c(C)c1. The first-order valence-corrected chi connectivity index (χ1v) is 11.2. The number of thioether (sulfide) groups is 1. The van der Waals surface area contributed by atoms with Gasteiger partial charge >= 0.3 is 0 Å². The molecule has 0 radical (unpaired) electrons. The third-order valence-corrected chi connectivity index (χ3v) is 6.45. The van der Waals surface area contributed by atoms with Crippen LogP contribution in [0.25, 0.3) is 0 Å². The molecule has 0 bridgehead atoms. The first kappa shape index (κ1) is 19.2. The van der Waals surface area contributed by atoms with E-state index < -0.39 is 10.0 Å². The van der Waals surface area contributed by atoms with Gasteiger partial charge in [0, 0.05) is 16.3 Å². The van der Waals surface area contributed by atoms with Gasteiger partial charge in [-0.2, -0.15) is 0 Å². The van der Waals surface area contributed by atoms with Crippen LogP contribution in [0.3, 0.4) is 0 Å². The Morgan fingerprint density at radius 3 is 2.62 bits per heavy atom. The van der Waals surface area contributed by atoms with E-state index in [1.807, 2.05) is 12.1 Å². The lowest BCUT2D eigenvalue weighted by Crippen LogP contribution is -2.23. The van der Waals surface area contributed by atoms with Crippen LogP contribution in [0.2, 0.25) is 0 Å². The molecule has 7 heteroatoms. The predicted molar refractivity (Wildman–Crippen MR) is 102 cm³/mol. The van der Waals surface area contributed by atoms with E-state index in [2.05, 4.69) is 36.8 Å². The number of hydrogen-bond donors (Lipinski definition) is 1. The molecule has 24 heavy (non-hydrogen) atoms. The molecule has 0 saturated carbocycles. The van der Waals surface area contributed by atoms with Gasteiger partial charge in [0.1, 0.15) is 0 Å². The third-order valence-electron chi connectivity index (χ3n) is 3.36. The van der Waals surface area contributed by atoms with Crippen LogP contribution in [0.4, 0.5) is 0 Å². The lowest BCUT2D eigenvalue weighted by atomic mass is 10.2. The molecule has 0 atom stereocenters. The summed E-state index contributed by atoms with van der Waals surface area (Å²) in [5.74, 6) is 0.512. The van der Waals surface area contributed by atoms with Crippen LogP contribution >= 0.6 is 23.1 Å². The Hall–Kier alpha value is -1.15. The normalized spacial score (nSPS) is 11.6. The van der Waals surface area contributed by atoms with E-state index in [1.54, 1.807) is 11.8 Å². The predicted octanol–water partition coefficient (Wildman–Crippen LogP) is 3.43. The Balaban J connectivity index is 1.89. The van der Waals surface area contributed by atoms with Crippen LogP contribution in [0.5, 0.6) is 0 Å². The van der Waals surface area contributed by atoms with Gasteiger partial charge in [-0.1, -0.05) is 17.7 Å². The maximum atomic E-state index is 12.3. The number of thiophene rings is 1. The van der Waals surface area contributed by atoms with Gasteiger partial charge in [-0.3, -0.25) is 4.79 Å². The van der Waals surface area contributed by atoms with Crippen molar-refractivity contribution in [3.05, 3.63) is 51.2 Å². The van der Waals surface area contributed by atoms with Gasteiger partial charge in [0.2, 0.25) is 10.0 Å². The second-order valence-electron chi connectivity index (χ2n) is 5.66. The number of rotatable bonds is 8. The number of sulfonamides is 1. The fourth-order valence-corrected chi connectivity index (χ4v) is 4.60. The first-order chi connectivity index (χ1) is 11.2. The zero-order valence-electron chi connectivity index (χ0n) is 14.0. The van der Waals surface area contributed by atoms with Gasteiger partial charge in [0.25, 0.3) is 0 Å². The maximum Gasteiger partial charge on any atom is 0.208 e. The minimum Gasteiger partial charge on any atom is -0.292 e. The van der Waals surface area contributed by atoms with Crippen molar-refractivity contribution in [1.29, 1.82) is 0 Å². The number of hydrogen-bond acceptors (Lipinski definition) is 5. The van der Waals surface area contributed by atoms with Crippen molar-refractivity contribution >= 4 is 38.9 Å². The standard InChI is InChI=1S/C17H21NO3S3/c1-12-4-6-16(13(2)10-12)22-11-15(19)17-7-5-14(23-17)8-9-18-24(3,20)21/h4-7,10,18H,8-9,11H2,1-3H3. The minimum atomic E-state index is -3.17. The summed E-state index contributed by atoms with van der Waals surface area (Å²) in [6, 6.07) is 9.94. The van der Waals surface area contributed by atoms with Gasteiger partial charge in [0.15, 0.2) is 5.78 Å². The van der Waals surface area contributed by atoms with Crippen LogP contribution < -0.4 is 4.72 Å². The molecule has 1 aromatic carbocycles. The van der Waals surface area contributed by atoms with Gasteiger partial charge in [-0.15, -0.1) is 23.1 Å². The molecule has 4 nitrogen and oxygen atoms in total. The Morgan fingerprint density at radius 1 is 1.21 bits per heavy atom. The van der Waals surface area contributed by atoms with Crippen LogP contribution in [-0.2, 0) is 16.4 Å². The first-order valence-electron chi connectivity index (χ1n) is 7.51. The van der Waals surface area contributed by atoms with Crippen molar-refractivity contribution in [2.24, 2.45) is 0 Å². The maximum absolute atomic E-state index is 12.3. The molecule has 1 heterocycles. The summed E-state index contributed by atoms with van der Waals surface area (Å²) in [5, 5.41) is 0. The van der Waals surface area contributed by atoms with E-state index in [-0.39, 0.29) is 5.78 Å². The van der Waals surface area contributed by atoms with Gasteiger partial charge in [0.05, 0.1) is 16.9 Å². The lowest BCUT2D eigenvalue weighted by Gasteiger charge is -2.05. The van der Waals surface area contributed by atoms with Crippen molar-refractivity contribution in [1.82, 2.24) is 4.72 Å². The average molecular weight is 384 g/mol. The highest BCUT2D eigenvalue weighted by atomic mass is 32.2. The number of benzene rings is 1. The van der Waals surface area contributed by atoms with E-state index in [0.717, 1.165) is 20.9 Å². The molecule has 1 N–H and O–H groups in total. The lowest BCUT2D eigenvalue weighted by molar-refractivity contribution is 0.102. The van der Waals surface area contributed by atoms with Crippen molar-refractivity contribution in [2.45, 2.75) is 25.2 Å². The van der Waals surface area contributed by atoms with Gasteiger partial charge < -0.3 is 0 Å². The second kappa shape index (κ2) is 8.29. The number of Topliss-reactive ketones (excluding diaryl/α,β-unsaturated/α-hetero) is 1. The second-order valence-corrected chi connectivity index (χ2v) is 9.68. The van der Waals surface area contributed by atoms with Gasteiger partial charge in [-0.05, 0) is 44.0 Å². The Kier molecular flexibility index (Phi) is 6.62. The fourth-order valence-electron chi connectivity index (χ4n) is 2.20. The van der Waals surface area contributed by atoms with E-state index >= 15 is 0 Å². The van der Waals surface area contributed by atoms with Crippen molar-refractivity contribution < 1.29 is 13.2 Å². The molecule has 0 saturated heterocycles.